The summed E-state index contributed by atoms with van der Waals surface area (Å²) < 4.78 is 121. The lowest BCUT2D eigenvalue weighted by Gasteiger charge is -2.39. The van der Waals surface area contributed by atoms with Gasteiger partial charge in [-0.2, -0.15) is 8.42 Å². The quantitative estimate of drug-likeness (QED) is 0.0298. The highest BCUT2D eigenvalue weighted by Crippen LogP contribution is 2.52. The third-order valence-corrected chi connectivity index (χ3v) is 16.0. The van der Waals surface area contributed by atoms with Crippen molar-refractivity contribution in [1.29, 1.82) is 0 Å². The van der Waals surface area contributed by atoms with Gasteiger partial charge in [-0.1, -0.05) is 32.0 Å². The molecule has 3 aromatic carbocycles. The van der Waals surface area contributed by atoms with Crippen molar-refractivity contribution in [2.24, 2.45) is 4.99 Å². The normalized spacial score (nSPS) is 18.1. The molecule has 0 bridgehead atoms. The molecule has 446 valence electrons. The van der Waals surface area contributed by atoms with Gasteiger partial charge in [-0.25, -0.2) is 22.7 Å². The van der Waals surface area contributed by atoms with E-state index in [1.165, 1.54) is 6.07 Å². The van der Waals surface area contributed by atoms with E-state index >= 15 is 0 Å². The maximum absolute atomic E-state index is 14.9. The number of benzene rings is 3. The second-order valence-corrected chi connectivity index (χ2v) is 24.2. The number of amides is 2. The van der Waals surface area contributed by atoms with Gasteiger partial charge in [-0.15, -0.1) is 5.06 Å². The number of carbonyl (C=O) groups is 4. The van der Waals surface area contributed by atoms with Crippen LogP contribution in [0, 0.1) is 0 Å². The molecule has 1 saturated heterocycles. The summed E-state index contributed by atoms with van der Waals surface area (Å²) >= 11 is 0. The van der Waals surface area contributed by atoms with E-state index in [4.69, 9.17) is 52.5 Å². The Balaban J connectivity index is 0.843. The molecule has 4 aliphatic rings. The van der Waals surface area contributed by atoms with E-state index in [-0.39, 0.29) is 132 Å². The van der Waals surface area contributed by atoms with Gasteiger partial charge in [-0.05, 0) is 87.3 Å². The summed E-state index contributed by atoms with van der Waals surface area (Å²) in [5.74, 6) is -4.16. The molecule has 0 spiro atoms. The molecule has 4 aliphatic heterocycles. The second-order valence-electron chi connectivity index (χ2n) is 21.1. The molecule has 2 unspecified atom stereocenters. The lowest BCUT2D eigenvalue weighted by atomic mass is 9.79. The molecule has 4 N–H and O–H groups in total. The van der Waals surface area contributed by atoms with Crippen molar-refractivity contribution < 1.29 is 93.1 Å². The Labute approximate surface area is 471 Å². The first-order valence-electron chi connectivity index (χ1n) is 27.0. The highest BCUT2D eigenvalue weighted by molar-refractivity contribution is 7.89. The molecular weight excluding hydrogens is 1100 g/mol. The van der Waals surface area contributed by atoms with Gasteiger partial charge < -0.3 is 57.9 Å². The van der Waals surface area contributed by atoms with Crippen molar-refractivity contribution >= 4 is 55.2 Å². The van der Waals surface area contributed by atoms with E-state index in [0.29, 0.717) is 95.1 Å². The molecule has 0 aromatic heterocycles. The van der Waals surface area contributed by atoms with Gasteiger partial charge in [0.2, 0.25) is 10.0 Å². The molecule has 2 amide bonds. The van der Waals surface area contributed by atoms with Crippen LogP contribution in [0.1, 0.15) is 118 Å². The van der Waals surface area contributed by atoms with Crippen molar-refractivity contribution in [3.05, 3.63) is 74.8 Å². The van der Waals surface area contributed by atoms with E-state index in [9.17, 15) is 45.7 Å². The SMILES string of the molecule is CC1CC(C)(C)Nc2c1cc1c(c2S(=O)(=O)O)Oc2c(S(=O)(=O)NCCOCCOCCOCCOCCOCCOCCOCCOCCC(=O)ON3C(=O)CCC3=O)c3c(cc2=C1c1ccccc1C(=O)O)C(C)CC(C)(C)N=3. The van der Waals surface area contributed by atoms with Crippen LogP contribution >= 0.6 is 0 Å². The van der Waals surface area contributed by atoms with Gasteiger partial charge in [0, 0.05) is 41.3 Å². The van der Waals surface area contributed by atoms with Gasteiger partial charge in [0.1, 0.15) is 0 Å². The summed E-state index contributed by atoms with van der Waals surface area (Å²) in [4.78, 5) is 56.4. The number of nitrogens with one attached hydrogen (secondary N) is 2. The maximum atomic E-state index is 14.9. The van der Waals surface area contributed by atoms with Crippen molar-refractivity contribution in [3.8, 4) is 11.5 Å². The van der Waals surface area contributed by atoms with Crippen LogP contribution in [-0.2, 0) is 77.3 Å². The molecule has 4 heterocycles. The zero-order valence-electron chi connectivity index (χ0n) is 46.6. The van der Waals surface area contributed by atoms with Crippen LogP contribution in [0.25, 0.3) is 5.57 Å². The number of fused-ring (bicyclic) bond motifs is 4. The number of sulfonamides is 1. The van der Waals surface area contributed by atoms with Crippen LogP contribution in [-0.4, -0.2) is 179 Å². The van der Waals surface area contributed by atoms with Gasteiger partial charge >= 0.3 is 11.9 Å². The summed E-state index contributed by atoms with van der Waals surface area (Å²) in [5.41, 5.74) is 0.324. The molecule has 0 saturated carbocycles. The number of carboxylic acids is 1. The van der Waals surface area contributed by atoms with Crippen LogP contribution in [0.4, 0.5) is 5.69 Å². The summed E-state index contributed by atoms with van der Waals surface area (Å²) in [6.45, 7) is 15.6. The van der Waals surface area contributed by atoms with Crippen LogP contribution in [0.2, 0.25) is 0 Å². The molecule has 3 aromatic rings. The molecular formula is C55H74N4O20S2. The van der Waals surface area contributed by atoms with Gasteiger partial charge in [0.25, 0.3) is 21.9 Å². The molecule has 0 radical (unpaired) electrons. The summed E-state index contributed by atoms with van der Waals surface area (Å²) in [6.07, 6.45) is 1.10. The molecule has 26 heteroatoms. The Bertz CT molecular complexity index is 3120. The summed E-state index contributed by atoms with van der Waals surface area (Å²) in [7, 11) is -9.68. The minimum absolute atomic E-state index is 0.0324. The largest absolute Gasteiger partial charge is 0.478 e. The first-order valence-corrected chi connectivity index (χ1v) is 29.9. The molecule has 2 atom stereocenters. The number of aromatic carboxylic acids is 1. The highest BCUT2D eigenvalue weighted by atomic mass is 32.2. The topological polar surface area (TPSA) is 309 Å². The van der Waals surface area contributed by atoms with Crippen LogP contribution in [0.3, 0.4) is 0 Å². The Morgan fingerprint density at radius 1 is 0.691 bits per heavy atom. The maximum Gasteiger partial charge on any atom is 0.336 e. The Morgan fingerprint density at radius 2 is 1.20 bits per heavy atom. The lowest BCUT2D eigenvalue weighted by molar-refractivity contribution is -0.198. The predicted molar refractivity (Wildman–Crippen MR) is 290 cm³/mol. The smallest absolute Gasteiger partial charge is 0.336 e. The number of anilines is 1. The Kier molecular flexibility index (Phi) is 22.0. The summed E-state index contributed by atoms with van der Waals surface area (Å²) in [6, 6.07) is 9.69. The monoisotopic (exact) mass is 1170 g/mol. The molecule has 0 aliphatic carbocycles. The number of carbonyl (C=O) groups excluding carboxylic acids is 3. The second kappa shape index (κ2) is 28.2. The fraction of sp³-hybridized carbons (Fsp3) is 0.582. The zero-order chi connectivity index (χ0) is 58.5. The lowest BCUT2D eigenvalue weighted by Crippen LogP contribution is -2.41. The standard InChI is InChI=1S/C55H74N4O20S2/c1-35-33-54(3,4)57-47-39(35)31-41-46(37-9-7-8-10-38(37)53(63)64)42-32-40-36(2)34-55(5,6)58-48(40)52(81(67,68)69)50(42)78-49(41)51(47)80(65,66)56-14-16-71-18-20-73-22-24-75-26-28-77-30-29-76-27-25-74-23-21-72-19-17-70-15-13-45(62)79-59-43(60)11-12-44(59)61/h7-10,31-32,35-36,56,58H,11-30,33-34H2,1-6H3,(H,63,64)(H,67,68,69). The highest BCUT2D eigenvalue weighted by Gasteiger charge is 2.42. The number of hydrogen-bond acceptors (Lipinski definition) is 20. The van der Waals surface area contributed by atoms with Gasteiger partial charge in [0.15, 0.2) is 21.3 Å². The third kappa shape index (κ3) is 16.6. The predicted octanol–water partition coefficient (Wildman–Crippen LogP) is 4.00. The van der Waals surface area contributed by atoms with E-state index in [0.717, 1.165) is 0 Å². The number of nitrogens with zero attached hydrogens (tertiary/aromatic N) is 2. The van der Waals surface area contributed by atoms with Crippen molar-refractivity contribution in [2.75, 3.05) is 118 Å². The van der Waals surface area contributed by atoms with E-state index in [1.54, 1.807) is 30.3 Å². The number of hydroxylamine groups is 2. The Hall–Kier alpha value is -5.49. The van der Waals surface area contributed by atoms with E-state index < -0.39 is 59.9 Å². The summed E-state index contributed by atoms with van der Waals surface area (Å²) in [5, 5.41) is 14.6. The Morgan fingerprint density at radius 3 is 1.73 bits per heavy atom. The van der Waals surface area contributed by atoms with Crippen molar-refractivity contribution in [3.63, 3.8) is 0 Å². The first-order chi connectivity index (χ1) is 38.5. The van der Waals surface area contributed by atoms with Crippen molar-refractivity contribution in [2.45, 2.75) is 106 Å². The minimum Gasteiger partial charge on any atom is -0.478 e. The van der Waals surface area contributed by atoms with Crippen LogP contribution < -0.4 is 25.4 Å². The average Bonchev–Trinajstić information content (AvgIpc) is 3.87. The zero-order valence-corrected chi connectivity index (χ0v) is 48.3. The van der Waals surface area contributed by atoms with Crippen LogP contribution in [0.5, 0.6) is 11.5 Å². The number of imide groups is 1. The molecule has 1 fully saturated rings. The number of carboxylic acid groups (broad SMARTS) is 1. The third-order valence-electron chi connectivity index (χ3n) is 13.6. The van der Waals surface area contributed by atoms with Crippen LogP contribution in [0.15, 0.2) is 51.2 Å². The van der Waals surface area contributed by atoms with Gasteiger partial charge in [0.05, 0.1) is 134 Å². The minimum atomic E-state index is -5.10. The number of hydrogen-bond donors (Lipinski definition) is 4. The molecule has 81 heavy (non-hydrogen) atoms. The van der Waals surface area contributed by atoms with Gasteiger partial charge in [-0.3, -0.25) is 19.1 Å². The van der Waals surface area contributed by atoms with Crippen molar-refractivity contribution in [1.82, 2.24) is 9.79 Å². The number of ether oxygens (including phenoxy) is 9. The molecule has 24 nitrogen and oxygen atoms in total. The average molecular weight is 1180 g/mol. The number of rotatable bonds is 33. The first kappa shape index (κ1) is 63.1. The fourth-order valence-electron chi connectivity index (χ4n) is 10.2. The van der Waals surface area contributed by atoms with E-state index in [1.807, 2.05) is 41.5 Å². The van der Waals surface area contributed by atoms with E-state index in [2.05, 4.69) is 10.0 Å². The molecule has 7 rings (SSSR count). The fourth-order valence-corrected chi connectivity index (χ4v) is 12.3.